The van der Waals surface area contributed by atoms with Crippen LogP contribution in [0.5, 0.6) is 0 Å². The van der Waals surface area contributed by atoms with Crippen molar-refractivity contribution in [3.63, 3.8) is 0 Å². The van der Waals surface area contributed by atoms with Crippen molar-refractivity contribution < 1.29 is 13.5 Å². The summed E-state index contributed by atoms with van der Waals surface area (Å²) in [6.07, 6.45) is 4.93. The van der Waals surface area contributed by atoms with Crippen LogP contribution in [0, 0.1) is 5.92 Å². The molecule has 1 saturated heterocycles. The lowest BCUT2D eigenvalue weighted by Crippen LogP contribution is -2.10. The average molecular weight is 242 g/mol. The van der Waals surface area contributed by atoms with Crippen molar-refractivity contribution in [2.45, 2.75) is 18.9 Å². The van der Waals surface area contributed by atoms with Crippen LogP contribution in [0.25, 0.3) is 0 Å². The topological polar surface area (TPSA) is 80.2 Å². The van der Waals surface area contributed by atoms with Gasteiger partial charge in [0.2, 0.25) is 0 Å². The second kappa shape index (κ2) is 4.47. The van der Waals surface area contributed by atoms with Crippen molar-refractivity contribution in [3.8, 4) is 0 Å². The number of aliphatic hydroxyl groups excluding tert-OH is 1. The van der Waals surface area contributed by atoms with E-state index in [0.29, 0.717) is 18.5 Å². The van der Waals surface area contributed by atoms with E-state index in [1.54, 1.807) is 0 Å². The summed E-state index contributed by atoms with van der Waals surface area (Å²) in [6, 6.07) is 0. The lowest BCUT2D eigenvalue weighted by Gasteiger charge is -2.13. The molecule has 0 saturated carbocycles. The quantitative estimate of drug-likeness (QED) is 0.826. The third-order valence-electron chi connectivity index (χ3n) is 2.81. The van der Waals surface area contributed by atoms with E-state index < -0.39 is 15.9 Å². The number of hydrogen-bond donors (Lipinski definition) is 1. The molecule has 0 radical (unpaired) electrons. The lowest BCUT2D eigenvalue weighted by atomic mass is 10.00. The molecule has 2 atom stereocenters. The lowest BCUT2D eigenvalue weighted by molar-refractivity contribution is 0.144. The summed E-state index contributed by atoms with van der Waals surface area (Å²) in [5.74, 6) is 0.469. The van der Waals surface area contributed by atoms with Crippen LogP contribution in [-0.2, 0) is 9.84 Å². The molecular formula is C10H14N2O3S. The molecule has 1 aromatic rings. The largest absolute Gasteiger partial charge is 0.387 e. The van der Waals surface area contributed by atoms with E-state index in [2.05, 4.69) is 9.97 Å². The molecule has 1 aliphatic heterocycles. The molecule has 0 aromatic carbocycles. The number of aliphatic hydroxyl groups is 1. The minimum Gasteiger partial charge on any atom is -0.387 e. The maximum Gasteiger partial charge on any atom is 0.150 e. The highest BCUT2D eigenvalue weighted by molar-refractivity contribution is 7.91. The third kappa shape index (κ3) is 2.76. The van der Waals surface area contributed by atoms with Crippen molar-refractivity contribution >= 4 is 9.84 Å². The van der Waals surface area contributed by atoms with Crippen LogP contribution in [-0.4, -0.2) is 35.0 Å². The molecule has 1 aliphatic rings. The van der Waals surface area contributed by atoms with Gasteiger partial charge < -0.3 is 5.11 Å². The molecule has 1 aromatic heterocycles. The van der Waals surface area contributed by atoms with E-state index in [4.69, 9.17) is 0 Å². The molecule has 0 bridgehead atoms. The van der Waals surface area contributed by atoms with Crippen LogP contribution in [0.4, 0.5) is 0 Å². The monoisotopic (exact) mass is 242 g/mol. The number of aromatic nitrogens is 2. The van der Waals surface area contributed by atoms with Gasteiger partial charge in [0.25, 0.3) is 0 Å². The molecule has 88 valence electrons. The summed E-state index contributed by atoms with van der Waals surface area (Å²) in [4.78, 5) is 7.86. The van der Waals surface area contributed by atoms with Crippen LogP contribution in [0.2, 0.25) is 0 Å². The van der Waals surface area contributed by atoms with Crippen LogP contribution < -0.4 is 0 Å². The standard InChI is InChI=1S/C10H14N2O3S/c13-10(9-6-11-2-3-12-9)5-8-1-4-16(14,15)7-8/h2-3,6,8,10,13H,1,4-5,7H2. The Labute approximate surface area is 94.5 Å². The molecule has 2 rings (SSSR count). The fraction of sp³-hybridized carbons (Fsp3) is 0.600. The molecule has 16 heavy (non-hydrogen) atoms. The smallest absolute Gasteiger partial charge is 0.150 e. The van der Waals surface area contributed by atoms with Crippen molar-refractivity contribution in [2.75, 3.05) is 11.5 Å². The van der Waals surface area contributed by atoms with E-state index in [0.717, 1.165) is 0 Å². The van der Waals surface area contributed by atoms with Gasteiger partial charge in [-0.15, -0.1) is 0 Å². The molecule has 1 N–H and O–H groups in total. The Morgan fingerprint density at radius 3 is 2.88 bits per heavy atom. The minimum atomic E-state index is -2.87. The number of hydrogen-bond acceptors (Lipinski definition) is 5. The number of sulfone groups is 1. The molecule has 0 spiro atoms. The first kappa shape index (κ1) is 11.5. The van der Waals surface area contributed by atoms with E-state index in [1.807, 2.05) is 0 Å². The Morgan fingerprint density at radius 1 is 1.50 bits per heavy atom. The summed E-state index contributed by atoms with van der Waals surface area (Å²) < 4.78 is 22.5. The van der Waals surface area contributed by atoms with Crippen molar-refractivity contribution in [1.29, 1.82) is 0 Å². The highest BCUT2D eigenvalue weighted by atomic mass is 32.2. The van der Waals surface area contributed by atoms with Crippen molar-refractivity contribution in [3.05, 3.63) is 24.3 Å². The maximum atomic E-state index is 11.2. The minimum absolute atomic E-state index is 0.0435. The average Bonchev–Trinajstić information content (AvgIpc) is 2.59. The Morgan fingerprint density at radius 2 is 2.31 bits per heavy atom. The highest BCUT2D eigenvalue weighted by Crippen LogP contribution is 2.27. The van der Waals surface area contributed by atoms with Gasteiger partial charge in [0.05, 0.1) is 29.5 Å². The third-order valence-corrected chi connectivity index (χ3v) is 4.64. The second-order valence-corrected chi connectivity index (χ2v) is 6.38. The molecule has 6 heteroatoms. The normalized spacial score (nSPS) is 25.4. The summed E-state index contributed by atoms with van der Waals surface area (Å²) in [7, 11) is -2.87. The zero-order valence-electron chi connectivity index (χ0n) is 8.78. The maximum absolute atomic E-state index is 11.2. The molecule has 2 heterocycles. The van der Waals surface area contributed by atoms with Gasteiger partial charge in [0.15, 0.2) is 9.84 Å². The predicted molar refractivity (Wildman–Crippen MR) is 58.4 cm³/mol. The Balaban J connectivity index is 1.96. The molecular weight excluding hydrogens is 228 g/mol. The van der Waals surface area contributed by atoms with Crippen molar-refractivity contribution in [2.24, 2.45) is 5.92 Å². The van der Waals surface area contributed by atoms with Gasteiger partial charge >= 0.3 is 0 Å². The summed E-state index contributed by atoms with van der Waals surface area (Å²) in [6.45, 7) is 0. The number of nitrogens with zero attached hydrogens (tertiary/aromatic N) is 2. The van der Waals surface area contributed by atoms with Gasteiger partial charge in [0.1, 0.15) is 0 Å². The van der Waals surface area contributed by atoms with Crippen LogP contribution in [0.15, 0.2) is 18.6 Å². The fourth-order valence-electron chi connectivity index (χ4n) is 1.98. The molecule has 0 aliphatic carbocycles. The van der Waals surface area contributed by atoms with Gasteiger partial charge in [-0.2, -0.15) is 0 Å². The first-order valence-corrected chi connectivity index (χ1v) is 7.03. The Kier molecular flexibility index (Phi) is 3.20. The van der Waals surface area contributed by atoms with Crippen LogP contribution in [0.1, 0.15) is 24.6 Å². The first-order valence-electron chi connectivity index (χ1n) is 5.21. The molecule has 5 nitrogen and oxygen atoms in total. The molecule has 0 amide bonds. The van der Waals surface area contributed by atoms with E-state index in [-0.39, 0.29) is 17.4 Å². The van der Waals surface area contributed by atoms with E-state index in [1.165, 1.54) is 18.6 Å². The van der Waals surface area contributed by atoms with Crippen LogP contribution in [0.3, 0.4) is 0 Å². The first-order chi connectivity index (χ1) is 7.57. The molecule has 2 unspecified atom stereocenters. The highest BCUT2D eigenvalue weighted by Gasteiger charge is 2.29. The van der Waals surface area contributed by atoms with Gasteiger partial charge in [-0.05, 0) is 18.8 Å². The Hall–Kier alpha value is -1.01. The Bertz CT molecular complexity index is 446. The van der Waals surface area contributed by atoms with E-state index >= 15 is 0 Å². The second-order valence-electron chi connectivity index (χ2n) is 4.15. The number of rotatable bonds is 3. The summed E-state index contributed by atoms with van der Waals surface area (Å²) in [5.41, 5.74) is 0.506. The summed E-state index contributed by atoms with van der Waals surface area (Å²) in [5, 5.41) is 9.85. The zero-order valence-corrected chi connectivity index (χ0v) is 9.60. The van der Waals surface area contributed by atoms with Crippen molar-refractivity contribution in [1.82, 2.24) is 9.97 Å². The summed E-state index contributed by atoms with van der Waals surface area (Å²) >= 11 is 0. The molecule has 1 fully saturated rings. The fourth-order valence-corrected chi connectivity index (χ4v) is 3.86. The predicted octanol–water partition coefficient (Wildman–Crippen LogP) is 0.335. The van der Waals surface area contributed by atoms with Gasteiger partial charge in [-0.25, -0.2) is 8.42 Å². The van der Waals surface area contributed by atoms with E-state index in [9.17, 15) is 13.5 Å². The zero-order chi connectivity index (χ0) is 11.6. The van der Waals surface area contributed by atoms with Gasteiger partial charge in [0, 0.05) is 12.4 Å². The SMILES string of the molecule is O=S1(=O)CCC(CC(O)c2cnccn2)C1. The van der Waals surface area contributed by atoms with Gasteiger partial charge in [-0.1, -0.05) is 0 Å². The van der Waals surface area contributed by atoms with Crippen LogP contribution >= 0.6 is 0 Å². The van der Waals surface area contributed by atoms with Gasteiger partial charge in [-0.3, -0.25) is 9.97 Å².